The molecular weight excluding hydrogens is 502 g/mol. The molecule has 0 aliphatic carbocycles. The number of fused-ring (bicyclic) bond motifs is 1. The van der Waals surface area contributed by atoms with Crippen molar-refractivity contribution in [3.8, 4) is 11.1 Å². The van der Waals surface area contributed by atoms with Crippen LogP contribution in [0, 0.1) is 0 Å². The van der Waals surface area contributed by atoms with Crippen LogP contribution in [0.1, 0.15) is 22.5 Å². The van der Waals surface area contributed by atoms with Crippen molar-refractivity contribution in [2.24, 2.45) is 0 Å². The summed E-state index contributed by atoms with van der Waals surface area (Å²) in [5.41, 5.74) is 4.11. The zero-order chi connectivity index (χ0) is 27.6. The number of alkyl halides is 2. The number of hydrogen-bond acceptors (Lipinski definition) is 7. The van der Waals surface area contributed by atoms with E-state index in [2.05, 4.69) is 35.3 Å². The van der Waals surface area contributed by atoms with E-state index in [1.54, 1.807) is 23.5 Å². The first-order valence-corrected chi connectivity index (χ1v) is 12.8. The summed E-state index contributed by atoms with van der Waals surface area (Å²) >= 11 is 0. The number of hydrogen-bond donors (Lipinski definition) is 2. The summed E-state index contributed by atoms with van der Waals surface area (Å²) in [6, 6.07) is 11.3. The van der Waals surface area contributed by atoms with Crippen molar-refractivity contribution in [3.05, 3.63) is 66.2 Å². The molecular formula is C28H32F2N8O. The summed E-state index contributed by atoms with van der Waals surface area (Å²) in [7, 11) is 6.03. The number of nitrogens with one attached hydrogen (secondary N) is 2. The van der Waals surface area contributed by atoms with E-state index in [-0.39, 0.29) is 24.6 Å². The number of likely N-dealkylation sites (N-methyl/N-ethyl adjacent to an activating group) is 2. The lowest BCUT2D eigenvalue weighted by atomic mass is 10.0. The molecule has 1 amide bonds. The van der Waals surface area contributed by atoms with Gasteiger partial charge in [-0.2, -0.15) is 5.10 Å². The third kappa shape index (κ3) is 6.37. The van der Waals surface area contributed by atoms with Gasteiger partial charge in [-0.25, -0.2) is 13.8 Å². The SMILES string of the molecule is CN(C)CCN(C)c1ccc(NC(=O)c2n[nH]c3ccc(-c4cncc(CN5CCC(F)(F)C5)c4)cc23)cn1. The van der Waals surface area contributed by atoms with Crippen LogP contribution in [0.25, 0.3) is 22.0 Å². The molecule has 4 heterocycles. The predicted molar refractivity (Wildman–Crippen MR) is 148 cm³/mol. The monoisotopic (exact) mass is 534 g/mol. The average molecular weight is 535 g/mol. The maximum absolute atomic E-state index is 13.6. The van der Waals surface area contributed by atoms with Crippen molar-refractivity contribution in [2.75, 3.05) is 57.5 Å². The number of carbonyl (C=O) groups excluding carboxylic acids is 1. The van der Waals surface area contributed by atoms with Gasteiger partial charge in [0.15, 0.2) is 5.69 Å². The lowest BCUT2D eigenvalue weighted by Gasteiger charge is -2.20. The fourth-order valence-electron chi connectivity index (χ4n) is 4.64. The van der Waals surface area contributed by atoms with E-state index in [4.69, 9.17) is 0 Å². The Balaban J connectivity index is 1.30. The quantitative estimate of drug-likeness (QED) is 0.334. The number of anilines is 2. The topological polar surface area (TPSA) is 93.3 Å². The van der Waals surface area contributed by atoms with Gasteiger partial charge < -0.3 is 15.1 Å². The van der Waals surface area contributed by atoms with Crippen LogP contribution in [0.4, 0.5) is 20.3 Å². The molecule has 0 atom stereocenters. The molecule has 0 saturated carbocycles. The predicted octanol–water partition coefficient (Wildman–Crippen LogP) is 4.11. The Labute approximate surface area is 225 Å². The van der Waals surface area contributed by atoms with E-state index >= 15 is 0 Å². The van der Waals surface area contributed by atoms with Crippen LogP contribution in [0.2, 0.25) is 0 Å². The molecule has 0 unspecified atom stereocenters. The first-order chi connectivity index (χ1) is 18.7. The highest BCUT2D eigenvalue weighted by atomic mass is 19.3. The fraction of sp³-hybridized carbons (Fsp3) is 0.357. The molecule has 11 heteroatoms. The van der Waals surface area contributed by atoms with Gasteiger partial charge in [0, 0.05) is 63.0 Å². The molecule has 0 spiro atoms. The second kappa shape index (κ2) is 11.0. The van der Waals surface area contributed by atoms with E-state index in [9.17, 15) is 13.6 Å². The van der Waals surface area contributed by atoms with Gasteiger partial charge in [-0.15, -0.1) is 0 Å². The largest absolute Gasteiger partial charge is 0.358 e. The van der Waals surface area contributed by atoms with Crippen molar-refractivity contribution >= 4 is 28.3 Å². The minimum atomic E-state index is -2.63. The highest BCUT2D eigenvalue weighted by Crippen LogP contribution is 2.29. The molecule has 1 aliphatic heterocycles. The summed E-state index contributed by atoms with van der Waals surface area (Å²) in [4.78, 5) is 27.8. The molecule has 3 aromatic heterocycles. The highest BCUT2D eigenvalue weighted by molar-refractivity contribution is 6.11. The van der Waals surface area contributed by atoms with Crippen LogP contribution < -0.4 is 10.2 Å². The van der Waals surface area contributed by atoms with Crippen LogP contribution in [0.15, 0.2) is 55.0 Å². The van der Waals surface area contributed by atoms with E-state index in [0.717, 1.165) is 41.1 Å². The van der Waals surface area contributed by atoms with E-state index in [0.29, 0.717) is 24.2 Å². The van der Waals surface area contributed by atoms with Crippen LogP contribution in [-0.2, 0) is 6.54 Å². The molecule has 1 saturated heterocycles. The van der Waals surface area contributed by atoms with Gasteiger partial charge in [0.25, 0.3) is 11.8 Å². The van der Waals surface area contributed by atoms with Crippen LogP contribution in [0.3, 0.4) is 0 Å². The zero-order valence-electron chi connectivity index (χ0n) is 22.3. The Bertz CT molecular complexity index is 1450. The smallest absolute Gasteiger partial charge is 0.276 e. The third-order valence-corrected chi connectivity index (χ3v) is 6.84. The van der Waals surface area contributed by atoms with Gasteiger partial charge in [-0.1, -0.05) is 6.07 Å². The Morgan fingerprint density at radius 1 is 1.08 bits per heavy atom. The van der Waals surface area contributed by atoms with Crippen molar-refractivity contribution in [3.63, 3.8) is 0 Å². The number of H-pyrrole nitrogens is 1. The normalized spacial score (nSPS) is 15.2. The van der Waals surface area contributed by atoms with Gasteiger partial charge in [0.1, 0.15) is 5.82 Å². The molecule has 0 bridgehead atoms. The summed E-state index contributed by atoms with van der Waals surface area (Å²) in [5, 5.41) is 10.7. The molecule has 9 nitrogen and oxygen atoms in total. The lowest BCUT2D eigenvalue weighted by molar-refractivity contribution is 0.0115. The summed E-state index contributed by atoms with van der Waals surface area (Å²) in [5.74, 6) is -2.16. The highest BCUT2D eigenvalue weighted by Gasteiger charge is 2.37. The average Bonchev–Trinajstić information content (AvgIpc) is 3.49. The second-order valence-corrected chi connectivity index (χ2v) is 10.3. The molecule has 1 fully saturated rings. The van der Waals surface area contributed by atoms with Gasteiger partial charge in [0.05, 0.1) is 23.9 Å². The van der Waals surface area contributed by atoms with Gasteiger partial charge >= 0.3 is 0 Å². The second-order valence-electron chi connectivity index (χ2n) is 10.3. The third-order valence-electron chi connectivity index (χ3n) is 6.84. The molecule has 1 aliphatic rings. The Kier molecular flexibility index (Phi) is 7.53. The van der Waals surface area contributed by atoms with Crippen molar-refractivity contribution < 1.29 is 13.6 Å². The molecule has 204 valence electrons. The van der Waals surface area contributed by atoms with Gasteiger partial charge in [0.2, 0.25) is 0 Å². The number of nitrogens with zero attached hydrogens (tertiary/aromatic N) is 6. The number of carbonyl (C=O) groups is 1. The molecule has 39 heavy (non-hydrogen) atoms. The fourth-order valence-corrected chi connectivity index (χ4v) is 4.64. The Morgan fingerprint density at radius 2 is 1.92 bits per heavy atom. The van der Waals surface area contributed by atoms with Crippen molar-refractivity contribution in [2.45, 2.75) is 18.9 Å². The number of halogens is 2. The molecule has 0 radical (unpaired) electrons. The number of benzene rings is 1. The number of likely N-dealkylation sites (tertiary alicyclic amines) is 1. The van der Waals surface area contributed by atoms with Crippen LogP contribution in [-0.4, -0.2) is 89.1 Å². The summed E-state index contributed by atoms with van der Waals surface area (Å²) in [6.45, 7) is 2.28. The molecule has 4 aromatic rings. The molecule has 1 aromatic carbocycles. The number of rotatable bonds is 9. The molecule has 2 N–H and O–H groups in total. The number of aromatic amines is 1. The summed E-state index contributed by atoms with van der Waals surface area (Å²) in [6.07, 6.45) is 4.95. The maximum Gasteiger partial charge on any atom is 0.276 e. The zero-order valence-corrected chi connectivity index (χ0v) is 22.3. The van der Waals surface area contributed by atoms with E-state index in [1.165, 1.54) is 0 Å². The number of amides is 1. The summed E-state index contributed by atoms with van der Waals surface area (Å²) < 4.78 is 27.2. The van der Waals surface area contributed by atoms with Crippen molar-refractivity contribution in [1.82, 2.24) is 30.0 Å². The Hall–Kier alpha value is -3.96. The lowest BCUT2D eigenvalue weighted by Crippen LogP contribution is -2.28. The van der Waals surface area contributed by atoms with Crippen LogP contribution in [0.5, 0.6) is 0 Å². The van der Waals surface area contributed by atoms with Gasteiger partial charge in [-0.3, -0.25) is 19.8 Å². The van der Waals surface area contributed by atoms with E-state index < -0.39 is 5.92 Å². The Morgan fingerprint density at radius 3 is 2.64 bits per heavy atom. The van der Waals surface area contributed by atoms with Crippen molar-refractivity contribution in [1.29, 1.82) is 0 Å². The maximum atomic E-state index is 13.6. The number of pyridine rings is 2. The first-order valence-electron chi connectivity index (χ1n) is 12.8. The first kappa shape index (κ1) is 26.6. The minimum absolute atomic E-state index is 0.115. The van der Waals surface area contributed by atoms with Crippen LogP contribution >= 0.6 is 0 Å². The minimum Gasteiger partial charge on any atom is -0.358 e. The molecule has 5 rings (SSSR count). The standard InChI is InChI=1S/C28H32F2N8O/c1-36(2)10-11-37(3)25-7-5-22(16-32-25)33-27(39)26-23-13-20(4-6-24(23)34-35-26)21-12-19(14-31-15-21)17-38-9-8-28(29,30)18-38/h4-7,12-16H,8-11,17-18H2,1-3H3,(H,33,39)(H,34,35). The van der Waals surface area contributed by atoms with Gasteiger partial charge in [-0.05, 0) is 55.6 Å². The van der Waals surface area contributed by atoms with E-state index in [1.807, 2.05) is 57.5 Å². The number of aromatic nitrogens is 4.